The molecule has 2 aromatic heterocycles. The van der Waals surface area contributed by atoms with E-state index in [0.29, 0.717) is 12.6 Å². The molecule has 31 heavy (non-hydrogen) atoms. The number of alkyl halides is 3. The van der Waals surface area contributed by atoms with Gasteiger partial charge < -0.3 is 5.32 Å². The van der Waals surface area contributed by atoms with Gasteiger partial charge in [0.15, 0.2) is 9.84 Å². The maximum absolute atomic E-state index is 13.0. The highest BCUT2D eigenvalue weighted by atomic mass is 32.2. The Morgan fingerprint density at radius 2 is 1.90 bits per heavy atom. The number of rotatable bonds is 7. The minimum Gasteiger partial charge on any atom is -0.309 e. The summed E-state index contributed by atoms with van der Waals surface area (Å²) in [5.74, 6) is -0.238. The van der Waals surface area contributed by atoms with Crippen molar-refractivity contribution < 1.29 is 26.4 Å². The van der Waals surface area contributed by atoms with Gasteiger partial charge in [-0.15, -0.1) is 0 Å². The predicted octanol–water partition coefficient (Wildman–Crippen LogP) is 4.24. The van der Waals surface area contributed by atoms with Crippen LogP contribution in [-0.4, -0.2) is 34.3 Å². The zero-order valence-electron chi connectivity index (χ0n) is 17.3. The molecule has 0 unspecified atom stereocenters. The van der Waals surface area contributed by atoms with Crippen LogP contribution in [0, 0.1) is 5.92 Å². The molecule has 1 aliphatic carbocycles. The number of anilines is 1. The monoisotopic (exact) mass is 458 g/mol. The number of carbonyl (C=O) groups excluding carboxylic acids is 1. The second kappa shape index (κ2) is 8.97. The first-order valence-electron chi connectivity index (χ1n) is 10.1. The Kier molecular flexibility index (Phi) is 6.73. The molecular formula is C20H25F3N4O3S. The zero-order chi connectivity index (χ0) is 22.8. The van der Waals surface area contributed by atoms with Crippen LogP contribution in [0.2, 0.25) is 0 Å². The van der Waals surface area contributed by atoms with E-state index in [0.717, 1.165) is 37.8 Å². The summed E-state index contributed by atoms with van der Waals surface area (Å²) >= 11 is 0. The number of carbonyl (C=O) groups is 1. The van der Waals surface area contributed by atoms with Crippen molar-refractivity contribution in [2.45, 2.75) is 68.3 Å². The van der Waals surface area contributed by atoms with Crippen molar-refractivity contribution in [3.63, 3.8) is 0 Å². The summed E-state index contributed by atoms with van der Waals surface area (Å²) in [7, 11) is -3.55. The zero-order valence-corrected chi connectivity index (χ0v) is 18.1. The van der Waals surface area contributed by atoms with Crippen LogP contribution in [-0.2, 0) is 20.8 Å². The molecule has 1 atom stereocenters. The van der Waals surface area contributed by atoms with E-state index in [1.807, 2.05) is 0 Å². The fourth-order valence-corrected chi connectivity index (χ4v) is 4.65. The highest BCUT2D eigenvalue weighted by Gasteiger charge is 2.32. The Bertz CT molecular complexity index is 1010. The summed E-state index contributed by atoms with van der Waals surface area (Å²) in [4.78, 5) is 16.7. The van der Waals surface area contributed by atoms with Crippen molar-refractivity contribution in [2.24, 2.45) is 5.92 Å². The van der Waals surface area contributed by atoms with E-state index in [-0.39, 0.29) is 16.6 Å². The van der Waals surface area contributed by atoms with E-state index < -0.39 is 38.8 Å². The minimum atomic E-state index is -4.52. The Morgan fingerprint density at radius 1 is 1.23 bits per heavy atom. The van der Waals surface area contributed by atoms with E-state index in [1.54, 1.807) is 13.8 Å². The SMILES string of the molecule is CC(C)S(=O)(=O)c1cnn([C@@H](CC2CCCC2)C(=O)Nc2ccc(C(F)(F)F)cn2)c1. The molecule has 0 bridgehead atoms. The van der Waals surface area contributed by atoms with E-state index in [2.05, 4.69) is 15.4 Å². The fourth-order valence-electron chi connectivity index (χ4n) is 3.65. The van der Waals surface area contributed by atoms with Crippen molar-refractivity contribution in [1.82, 2.24) is 14.8 Å². The van der Waals surface area contributed by atoms with Crippen LogP contribution in [0.5, 0.6) is 0 Å². The molecule has 1 aliphatic rings. The molecule has 11 heteroatoms. The van der Waals surface area contributed by atoms with Crippen LogP contribution in [0.1, 0.15) is 57.6 Å². The van der Waals surface area contributed by atoms with Crippen LogP contribution in [0.25, 0.3) is 0 Å². The van der Waals surface area contributed by atoms with E-state index in [9.17, 15) is 26.4 Å². The summed E-state index contributed by atoms with van der Waals surface area (Å²) in [6, 6.07) is 1.13. The van der Waals surface area contributed by atoms with Crippen molar-refractivity contribution >= 4 is 21.6 Å². The molecule has 0 radical (unpaired) electrons. The van der Waals surface area contributed by atoms with Crippen molar-refractivity contribution in [3.8, 4) is 0 Å². The summed E-state index contributed by atoms with van der Waals surface area (Å²) in [5, 5.41) is 6.02. The van der Waals surface area contributed by atoms with Gasteiger partial charge in [0.25, 0.3) is 0 Å². The van der Waals surface area contributed by atoms with Crippen LogP contribution >= 0.6 is 0 Å². The van der Waals surface area contributed by atoms with Gasteiger partial charge in [-0.3, -0.25) is 9.48 Å². The molecule has 7 nitrogen and oxygen atoms in total. The number of halogens is 3. The molecule has 0 aliphatic heterocycles. The number of sulfone groups is 1. The first-order chi connectivity index (χ1) is 14.5. The summed E-state index contributed by atoms with van der Waals surface area (Å²) < 4.78 is 64.4. The lowest BCUT2D eigenvalue weighted by Crippen LogP contribution is -2.28. The molecular weight excluding hydrogens is 433 g/mol. The van der Waals surface area contributed by atoms with E-state index in [1.165, 1.54) is 17.1 Å². The third-order valence-corrected chi connectivity index (χ3v) is 7.63. The van der Waals surface area contributed by atoms with Gasteiger partial charge in [-0.2, -0.15) is 18.3 Å². The molecule has 1 saturated carbocycles. The minimum absolute atomic E-state index is 0.0170. The van der Waals surface area contributed by atoms with Gasteiger partial charge in [0.05, 0.1) is 17.0 Å². The number of aromatic nitrogens is 3. The van der Waals surface area contributed by atoms with Gasteiger partial charge in [-0.05, 0) is 38.3 Å². The Labute approximate surface area is 179 Å². The average molecular weight is 459 g/mol. The largest absolute Gasteiger partial charge is 0.417 e. The molecule has 1 fully saturated rings. The van der Waals surface area contributed by atoms with Crippen molar-refractivity contribution in [2.75, 3.05) is 5.32 Å². The van der Waals surface area contributed by atoms with Crippen LogP contribution in [0.15, 0.2) is 35.6 Å². The lowest BCUT2D eigenvalue weighted by atomic mass is 9.98. The molecule has 170 valence electrons. The molecule has 0 saturated heterocycles. The molecule has 1 amide bonds. The molecule has 0 aromatic carbocycles. The van der Waals surface area contributed by atoms with E-state index >= 15 is 0 Å². The summed E-state index contributed by atoms with van der Waals surface area (Å²) in [5.41, 5.74) is -0.913. The third kappa shape index (κ3) is 5.44. The van der Waals surface area contributed by atoms with Crippen molar-refractivity contribution in [1.29, 1.82) is 0 Å². The maximum Gasteiger partial charge on any atom is 0.417 e. The number of nitrogens with one attached hydrogen (secondary N) is 1. The Morgan fingerprint density at radius 3 is 2.45 bits per heavy atom. The quantitative estimate of drug-likeness (QED) is 0.670. The fraction of sp³-hybridized carbons (Fsp3) is 0.550. The molecule has 0 spiro atoms. The number of nitrogens with zero attached hydrogens (tertiary/aromatic N) is 3. The Balaban J connectivity index is 1.83. The van der Waals surface area contributed by atoms with Gasteiger partial charge in [0.2, 0.25) is 5.91 Å². The van der Waals surface area contributed by atoms with Crippen LogP contribution in [0.3, 0.4) is 0 Å². The molecule has 2 aromatic rings. The standard InChI is InChI=1S/C20H25F3N4O3S/c1-13(2)31(29,30)16-11-25-27(12-16)17(9-14-5-3-4-6-14)19(28)26-18-8-7-15(10-24-18)20(21,22)23/h7-8,10-14,17H,3-6,9H2,1-2H3,(H,24,26,28)/t17-/m0/s1. The van der Waals surface area contributed by atoms with Gasteiger partial charge in [-0.25, -0.2) is 13.4 Å². The van der Waals surface area contributed by atoms with Crippen molar-refractivity contribution in [3.05, 3.63) is 36.3 Å². The first kappa shape index (κ1) is 23.2. The molecule has 1 N–H and O–H groups in total. The number of pyridine rings is 1. The Hall–Kier alpha value is -2.43. The maximum atomic E-state index is 13.0. The van der Waals surface area contributed by atoms with Crippen LogP contribution in [0.4, 0.5) is 19.0 Å². The number of amides is 1. The topological polar surface area (TPSA) is 94.0 Å². The average Bonchev–Trinajstić information content (AvgIpc) is 3.38. The number of hydrogen-bond acceptors (Lipinski definition) is 5. The predicted molar refractivity (Wildman–Crippen MR) is 108 cm³/mol. The lowest BCUT2D eigenvalue weighted by Gasteiger charge is -2.20. The van der Waals surface area contributed by atoms with Gasteiger partial charge in [0, 0.05) is 12.4 Å². The normalized spacial score (nSPS) is 16.6. The smallest absolute Gasteiger partial charge is 0.309 e. The van der Waals surface area contributed by atoms with Gasteiger partial charge in [0.1, 0.15) is 16.8 Å². The van der Waals surface area contributed by atoms with Gasteiger partial charge in [-0.1, -0.05) is 25.7 Å². The first-order valence-corrected chi connectivity index (χ1v) is 11.7. The second-order valence-electron chi connectivity index (χ2n) is 8.07. The number of hydrogen-bond donors (Lipinski definition) is 1. The molecule has 2 heterocycles. The summed E-state index contributed by atoms with van der Waals surface area (Å²) in [6.45, 7) is 3.12. The lowest BCUT2D eigenvalue weighted by molar-refractivity contribution is -0.137. The van der Waals surface area contributed by atoms with Crippen LogP contribution < -0.4 is 5.32 Å². The third-order valence-electron chi connectivity index (χ3n) is 5.52. The summed E-state index contributed by atoms with van der Waals surface area (Å²) in [6.07, 6.45) is 3.19. The van der Waals surface area contributed by atoms with Gasteiger partial charge >= 0.3 is 6.18 Å². The highest BCUT2D eigenvalue weighted by molar-refractivity contribution is 7.92. The molecule has 3 rings (SSSR count). The second-order valence-corrected chi connectivity index (χ2v) is 10.6. The van der Waals surface area contributed by atoms with E-state index in [4.69, 9.17) is 0 Å². The highest BCUT2D eigenvalue weighted by Crippen LogP contribution is 2.33.